The molecule has 0 aromatic carbocycles. The van der Waals surface area contributed by atoms with Crippen LogP contribution in [0.4, 0.5) is 0 Å². The second-order valence-corrected chi connectivity index (χ2v) is 5.12. The van der Waals surface area contributed by atoms with Crippen LogP contribution in [0.3, 0.4) is 0 Å². The number of nitriles is 1. The minimum atomic E-state index is -4.83. The summed E-state index contributed by atoms with van der Waals surface area (Å²) in [6.45, 7) is 0. The zero-order valence-corrected chi connectivity index (χ0v) is 7.62. The van der Waals surface area contributed by atoms with Crippen LogP contribution in [0, 0.1) is 11.3 Å². The van der Waals surface area contributed by atoms with Crippen molar-refractivity contribution in [3.8, 4) is 6.07 Å². The first-order valence-electron chi connectivity index (χ1n) is 2.50. The summed E-state index contributed by atoms with van der Waals surface area (Å²) in [7, 11) is -8.87. The number of hydrogen-bond donors (Lipinski definition) is 2. The predicted octanol–water partition coefficient (Wildman–Crippen LogP) is -1.01. The molecule has 0 fully saturated rings. The van der Waals surface area contributed by atoms with E-state index in [9.17, 15) is 13.0 Å². The highest BCUT2D eigenvalue weighted by atomic mass is 32.2. The molecule has 0 saturated heterocycles. The van der Waals surface area contributed by atoms with Crippen LogP contribution in [0.5, 0.6) is 0 Å². The maximum atomic E-state index is 10.3. The lowest BCUT2D eigenvalue weighted by atomic mass is 10.8. The third-order valence-electron chi connectivity index (χ3n) is 0.682. The molecule has 7 nitrogen and oxygen atoms in total. The molecule has 0 bridgehead atoms. The van der Waals surface area contributed by atoms with Crippen molar-refractivity contribution in [1.82, 2.24) is 0 Å². The lowest BCUT2D eigenvalue weighted by molar-refractivity contribution is 0.266. The molecule has 1 unspecified atom stereocenters. The van der Waals surface area contributed by atoms with E-state index >= 15 is 0 Å². The minimum absolute atomic E-state index is 0.590. The standard InChI is InChI=1S/C3H6NO6PS/c1-12(8,9)10-3(2-4)11(5,6)7/h3H,1H3,(H2,5,6,7). The molecule has 70 valence electrons. The van der Waals surface area contributed by atoms with Gasteiger partial charge in [0.15, 0.2) is 0 Å². The van der Waals surface area contributed by atoms with E-state index in [0.717, 1.165) is 6.07 Å². The highest BCUT2D eigenvalue weighted by Gasteiger charge is 2.33. The quantitative estimate of drug-likeness (QED) is 0.456. The Labute approximate surface area is 68.9 Å². The summed E-state index contributed by atoms with van der Waals surface area (Å²) in [5.74, 6) is -2.26. The summed E-state index contributed by atoms with van der Waals surface area (Å²) < 4.78 is 34.8. The summed E-state index contributed by atoms with van der Waals surface area (Å²) in [4.78, 5) is 16.7. The van der Waals surface area contributed by atoms with E-state index in [1.807, 2.05) is 0 Å². The van der Waals surface area contributed by atoms with Gasteiger partial charge in [0.1, 0.15) is 6.07 Å². The summed E-state index contributed by atoms with van der Waals surface area (Å²) in [5, 5.41) is 8.09. The van der Waals surface area contributed by atoms with Gasteiger partial charge in [-0.15, -0.1) is 0 Å². The molecule has 1 atom stereocenters. The molecule has 12 heavy (non-hydrogen) atoms. The molecule has 0 aromatic rings. The summed E-state index contributed by atoms with van der Waals surface area (Å²) in [6, 6.07) is 1.03. The molecule has 0 aromatic heterocycles. The molecule has 0 rings (SSSR count). The number of hydrogen-bond acceptors (Lipinski definition) is 5. The van der Waals surface area contributed by atoms with Gasteiger partial charge in [-0.05, 0) is 0 Å². The first kappa shape index (κ1) is 11.6. The second-order valence-electron chi connectivity index (χ2n) is 1.87. The van der Waals surface area contributed by atoms with Gasteiger partial charge in [0.25, 0.3) is 16.0 Å². The van der Waals surface area contributed by atoms with E-state index in [1.165, 1.54) is 0 Å². The van der Waals surface area contributed by atoms with Crippen LogP contribution in [0.15, 0.2) is 0 Å². The van der Waals surface area contributed by atoms with Crippen LogP contribution >= 0.6 is 7.60 Å². The Bertz CT molecular complexity index is 334. The van der Waals surface area contributed by atoms with Crippen molar-refractivity contribution in [3.05, 3.63) is 0 Å². The molecular weight excluding hydrogens is 209 g/mol. The van der Waals surface area contributed by atoms with Gasteiger partial charge in [0.05, 0.1) is 6.26 Å². The van der Waals surface area contributed by atoms with E-state index in [0.29, 0.717) is 6.26 Å². The lowest BCUT2D eigenvalue weighted by Crippen LogP contribution is -2.15. The molecule has 0 saturated carbocycles. The molecule has 0 aliphatic rings. The van der Waals surface area contributed by atoms with Crippen LogP contribution < -0.4 is 0 Å². The SMILES string of the molecule is CS(=O)(=O)OC(C#N)P(=O)(O)O. The molecular formula is C3H6NO6PS. The van der Waals surface area contributed by atoms with Gasteiger partial charge in [-0.2, -0.15) is 13.7 Å². The fourth-order valence-electron chi connectivity index (χ4n) is 0.318. The van der Waals surface area contributed by atoms with Gasteiger partial charge in [-0.1, -0.05) is 0 Å². The van der Waals surface area contributed by atoms with Crippen LogP contribution in [0.2, 0.25) is 0 Å². The monoisotopic (exact) mass is 215 g/mol. The fourth-order valence-corrected chi connectivity index (χ4v) is 1.76. The van der Waals surface area contributed by atoms with Gasteiger partial charge in [-0.25, -0.2) is 4.18 Å². The van der Waals surface area contributed by atoms with Gasteiger partial charge >= 0.3 is 7.60 Å². The predicted molar refractivity (Wildman–Crippen MR) is 37.4 cm³/mol. The third-order valence-corrected chi connectivity index (χ3v) is 2.20. The van der Waals surface area contributed by atoms with Crippen molar-refractivity contribution >= 4 is 17.7 Å². The van der Waals surface area contributed by atoms with Crippen molar-refractivity contribution in [3.63, 3.8) is 0 Å². The highest BCUT2D eigenvalue weighted by Crippen LogP contribution is 2.41. The number of nitrogens with zero attached hydrogens (tertiary/aromatic N) is 1. The smallest absolute Gasteiger partial charge is 0.322 e. The molecule has 0 amide bonds. The average molecular weight is 215 g/mol. The van der Waals surface area contributed by atoms with E-state index in [-0.39, 0.29) is 0 Å². The van der Waals surface area contributed by atoms with Crippen molar-refractivity contribution in [2.24, 2.45) is 0 Å². The topological polar surface area (TPSA) is 125 Å². The Morgan fingerprint density at radius 1 is 1.58 bits per heavy atom. The number of rotatable bonds is 3. The lowest BCUT2D eigenvalue weighted by Gasteiger charge is -2.08. The molecule has 2 N–H and O–H groups in total. The highest BCUT2D eigenvalue weighted by molar-refractivity contribution is 7.86. The molecule has 0 radical (unpaired) electrons. The molecule has 0 aliphatic heterocycles. The maximum absolute atomic E-state index is 10.3. The van der Waals surface area contributed by atoms with Gasteiger partial charge < -0.3 is 9.79 Å². The van der Waals surface area contributed by atoms with Gasteiger partial charge in [0, 0.05) is 0 Å². The van der Waals surface area contributed by atoms with Gasteiger partial charge in [0.2, 0.25) is 0 Å². The molecule has 0 spiro atoms. The Kier molecular flexibility index (Phi) is 3.38. The zero-order valence-electron chi connectivity index (χ0n) is 5.91. The second kappa shape index (κ2) is 3.51. The van der Waals surface area contributed by atoms with E-state index in [2.05, 4.69) is 4.18 Å². The van der Waals surface area contributed by atoms with Crippen LogP contribution in [-0.4, -0.2) is 30.3 Å². The van der Waals surface area contributed by atoms with E-state index < -0.39 is 23.6 Å². The Hall–Kier alpha value is -0.450. The molecule has 9 heteroatoms. The average Bonchev–Trinajstić information content (AvgIpc) is 1.78. The summed E-state index contributed by atoms with van der Waals surface area (Å²) in [5.41, 5.74) is 0. The zero-order chi connectivity index (χ0) is 9.99. The van der Waals surface area contributed by atoms with Gasteiger partial charge in [-0.3, -0.25) is 4.57 Å². The fraction of sp³-hybridized carbons (Fsp3) is 0.667. The van der Waals surface area contributed by atoms with Crippen molar-refractivity contribution in [2.75, 3.05) is 6.26 Å². The van der Waals surface area contributed by atoms with Crippen molar-refractivity contribution in [2.45, 2.75) is 5.85 Å². The molecule has 0 aliphatic carbocycles. The summed E-state index contributed by atoms with van der Waals surface area (Å²) in [6.07, 6.45) is 0.590. The first-order valence-corrected chi connectivity index (χ1v) is 6.00. The normalized spacial score (nSPS) is 15.2. The van der Waals surface area contributed by atoms with Crippen LogP contribution in [-0.2, 0) is 18.9 Å². The van der Waals surface area contributed by atoms with Crippen LogP contribution in [0.1, 0.15) is 0 Å². The Morgan fingerprint density at radius 2 is 2.00 bits per heavy atom. The van der Waals surface area contributed by atoms with Crippen LogP contribution in [0.25, 0.3) is 0 Å². The van der Waals surface area contributed by atoms with Crippen molar-refractivity contribution in [1.29, 1.82) is 5.26 Å². The minimum Gasteiger partial charge on any atom is -0.322 e. The Balaban J connectivity index is 4.67. The first-order chi connectivity index (χ1) is 5.17. The van der Waals surface area contributed by atoms with E-state index in [4.69, 9.17) is 15.0 Å². The largest absolute Gasteiger partial charge is 0.370 e. The van der Waals surface area contributed by atoms with E-state index in [1.54, 1.807) is 0 Å². The third kappa shape index (κ3) is 4.43. The molecule has 0 heterocycles. The Morgan fingerprint density at radius 3 is 2.08 bits per heavy atom. The maximum Gasteiger partial charge on any atom is 0.370 e. The van der Waals surface area contributed by atoms with Crippen molar-refractivity contribution < 1.29 is 27.0 Å². The summed E-state index contributed by atoms with van der Waals surface area (Å²) >= 11 is 0.